The third-order valence-electron chi connectivity index (χ3n) is 2.05. The molecule has 0 aliphatic rings. The van der Waals surface area contributed by atoms with Crippen LogP contribution in [0.5, 0.6) is 0 Å². The van der Waals surface area contributed by atoms with E-state index in [2.05, 4.69) is 20.3 Å². The Labute approximate surface area is 92.7 Å². The van der Waals surface area contributed by atoms with Gasteiger partial charge >= 0.3 is 0 Å². The minimum Gasteiger partial charge on any atom is -0.378 e. The molecule has 4 nitrogen and oxygen atoms in total. The number of nitrogens with one attached hydrogen (secondary N) is 2. The van der Waals surface area contributed by atoms with Gasteiger partial charge in [0, 0.05) is 6.20 Å². The lowest BCUT2D eigenvalue weighted by Crippen LogP contribution is -2.00. The van der Waals surface area contributed by atoms with Gasteiger partial charge in [0.15, 0.2) is 0 Å². The summed E-state index contributed by atoms with van der Waals surface area (Å²) >= 11 is 5.83. The van der Waals surface area contributed by atoms with Crippen molar-refractivity contribution in [3.63, 3.8) is 0 Å². The van der Waals surface area contributed by atoms with Crippen LogP contribution in [0.4, 0.5) is 5.69 Å². The van der Waals surface area contributed by atoms with Crippen LogP contribution in [-0.2, 0) is 6.54 Å². The fraction of sp³-hybridized carbons (Fsp3) is 0.200. The molecular weight excluding hydrogens is 212 g/mol. The number of halogens is 1. The van der Waals surface area contributed by atoms with Crippen molar-refractivity contribution in [1.29, 1.82) is 0 Å². The van der Waals surface area contributed by atoms with Crippen molar-refractivity contribution in [3.8, 4) is 0 Å². The van der Waals surface area contributed by atoms with Crippen molar-refractivity contribution in [2.45, 2.75) is 13.5 Å². The number of hydrogen-bond donors (Lipinski definition) is 2. The van der Waals surface area contributed by atoms with Crippen molar-refractivity contribution in [2.75, 3.05) is 5.32 Å². The van der Waals surface area contributed by atoms with Gasteiger partial charge in [0.25, 0.3) is 0 Å². The molecule has 2 heterocycles. The summed E-state index contributed by atoms with van der Waals surface area (Å²) < 4.78 is 0. The topological polar surface area (TPSA) is 53.6 Å². The fourth-order valence-corrected chi connectivity index (χ4v) is 1.34. The predicted octanol–water partition coefficient (Wildman–Crippen LogP) is 2.38. The van der Waals surface area contributed by atoms with E-state index in [1.165, 1.54) is 0 Å². The van der Waals surface area contributed by atoms with Crippen LogP contribution in [0.2, 0.25) is 5.15 Å². The molecule has 0 aliphatic heterocycles. The molecule has 0 aromatic carbocycles. The van der Waals surface area contributed by atoms with Gasteiger partial charge in [-0.1, -0.05) is 11.6 Å². The van der Waals surface area contributed by atoms with Crippen LogP contribution in [0.15, 0.2) is 24.8 Å². The molecule has 2 aromatic heterocycles. The predicted molar refractivity (Wildman–Crippen MR) is 59.9 cm³/mol. The molecule has 0 fully saturated rings. The standard InChI is InChI=1S/C10H11ClN4/c1-7-2-8(4-14-10(7)11)13-5-9-3-12-6-15-9/h2-4,6,13H,5H2,1H3,(H,12,15). The molecule has 2 rings (SSSR count). The smallest absolute Gasteiger partial charge is 0.132 e. The highest BCUT2D eigenvalue weighted by molar-refractivity contribution is 6.30. The van der Waals surface area contributed by atoms with Crippen molar-refractivity contribution < 1.29 is 0 Å². The van der Waals surface area contributed by atoms with E-state index in [-0.39, 0.29) is 0 Å². The lowest BCUT2D eigenvalue weighted by atomic mass is 10.3. The zero-order chi connectivity index (χ0) is 10.7. The monoisotopic (exact) mass is 222 g/mol. The lowest BCUT2D eigenvalue weighted by molar-refractivity contribution is 1.07. The summed E-state index contributed by atoms with van der Waals surface area (Å²) in [5.74, 6) is 0. The zero-order valence-electron chi connectivity index (χ0n) is 8.29. The molecule has 2 aromatic rings. The first-order valence-electron chi connectivity index (χ1n) is 4.59. The zero-order valence-corrected chi connectivity index (χ0v) is 9.04. The lowest BCUT2D eigenvalue weighted by Gasteiger charge is -2.05. The molecule has 0 saturated heterocycles. The van der Waals surface area contributed by atoms with E-state index in [4.69, 9.17) is 11.6 Å². The van der Waals surface area contributed by atoms with Gasteiger partial charge in [-0.05, 0) is 18.6 Å². The second-order valence-electron chi connectivity index (χ2n) is 3.26. The van der Waals surface area contributed by atoms with E-state index in [1.807, 2.05) is 13.0 Å². The van der Waals surface area contributed by atoms with E-state index in [9.17, 15) is 0 Å². The third kappa shape index (κ3) is 2.47. The summed E-state index contributed by atoms with van der Waals surface area (Å²) in [7, 11) is 0. The molecule has 78 valence electrons. The van der Waals surface area contributed by atoms with E-state index >= 15 is 0 Å². The Balaban J connectivity index is 2.02. The molecule has 5 heteroatoms. The Morgan fingerprint density at radius 2 is 2.33 bits per heavy atom. The molecule has 0 aliphatic carbocycles. The summed E-state index contributed by atoms with van der Waals surface area (Å²) in [6.07, 6.45) is 5.15. The molecule has 0 bridgehead atoms. The Morgan fingerprint density at radius 3 is 3.00 bits per heavy atom. The Hall–Kier alpha value is -1.55. The maximum atomic E-state index is 5.83. The molecule has 0 radical (unpaired) electrons. The first-order valence-corrected chi connectivity index (χ1v) is 4.97. The van der Waals surface area contributed by atoms with Gasteiger partial charge in [0.1, 0.15) is 5.15 Å². The molecule has 0 atom stereocenters. The normalized spacial score (nSPS) is 10.3. The van der Waals surface area contributed by atoms with Gasteiger partial charge in [-0.3, -0.25) is 0 Å². The summed E-state index contributed by atoms with van der Waals surface area (Å²) in [6.45, 7) is 2.62. The highest BCUT2D eigenvalue weighted by Crippen LogP contribution is 2.16. The molecule has 15 heavy (non-hydrogen) atoms. The number of H-pyrrole nitrogens is 1. The number of rotatable bonds is 3. The van der Waals surface area contributed by atoms with Crippen LogP contribution < -0.4 is 5.32 Å². The summed E-state index contributed by atoms with van der Waals surface area (Å²) in [5.41, 5.74) is 2.94. The second kappa shape index (κ2) is 4.31. The van der Waals surface area contributed by atoms with Crippen LogP contribution in [0.3, 0.4) is 0 Å². The molecule has 2 N–H and O–H groups in total. The third-order valence-corrected chi connectivity index (χ3v) is 2.45. The number of aromatic amines is 1. The van der Waals surface area contributed by atoms with Gasteiger partial charge in [0.2, 0.25) is 0 Å². The number of imidazole rings is 1. The van der Waals surface area contributed by atoms with Crippen molar-refractivity contribution in [2.24, 2.45) is 0 Å². The molecule has 0 unspecified atom stereocenters. The fourth-order valence-electron chi connectivity index (χ4n) is 1.23. The minimum atomic E-state index is 0.544. The van der Waals surface area contributed by atoms with Gasteiger partial charge in [0.05, 0.1) is 30.5 Å². The van der Waals surface area contributed by atoms with E-state index in [0.717, 1.165) is 16.9 Å². The summed E-state index contributed by atoms with van der Waals surface area (Å²) in [4.78, 5) is 11.0. The maximum Gasteiger partial charge on any atom is 0.132 e. The number of aryl methyl sites for hydroxylation is 1. The second-order valence-corrected chi connectivity index (χ2v) is 3.62. The number of nitrogens with zero attached hydrogens (tertiary/aromatic N) is 2. The van der Waals surface area contributed by atoms with Gasteiger partial charge < -0.3 is 10.3 Å². The van der Waals surface area contributed by atoms with Crippen LogP contribution >= 0.6 is 11.6 Å². The van der Waals surface area contributed by atoms with Gasteiger partial charge in [-0.2, -0.15) is 0 Å². The average molecular weight is 223 g/mol. The van der Waals surface area contributed by atoms with Gasteiger partial charge in [-0.15, -0.1) is 0 Å². The largest absolute Gasteiger partial charge is 0.378 e. The number of hydrogen-bond acceptors (Lipinski definition) is 3. The Bertz CT molecular complexity index is 439. The first-order chi connectivity index (χ1) is 7.25. The molecular formula is C10H11ClN4. The SMILES string of the molecule is Cc1cc(NCc2cnc[nH]2)cnc1Cl. The summed E-state index contributed by atoms with van der Waals surface area (Å²) in [5, 5.41) is 3.77. The number of aromatic nitrogens is 3. The molecule has 0 amide bonds. The van der Waals surface area contributed by atoms with Gasteiger partial charge in [-0.25, -0.2) is 9.97 Å². The number of pyridine rings is 1. The summed E-state index contributed by atoms with van der Waals surface area (Å²) in [6, 6.07) is 1.96. The van der Waals surface area contributed by atoms with Crippen LogP contribution in [0, 0.1) is 6.92 Å². The Kier molecular flexibility index (Phi) is 2.87. The van der Waals surface area contributed by atoms with Crippen LogP contribution in [0.1, 0.15) is 11.3 Å². The van der Waals surface area contributed by atoms with Crippen molar-refractivity contribution in [1.82, 2.24) is 15.0 Å². The van der Waals surface area contributed by atoms with Crippen LogP contribution in [-0.4, -0.2) is 15.0 Å². The minimum absolute atomic E-state index is 0.544. The van der Waals surface area contributed by atoms with Crippen molar-refractivity contribution >= 4 is 17.3 Å². The van der Waals surface area contributed by atoms with Crippen LogP contribution in [0.25, 0.3) is 0 Å². The first kappa shape index (κ1) is 9.98. The van der Waals surface area contributed by atoms with E-state index < -0.39 is 0 Å². The number of anilines is 1. The highest BCUT2D eigenvalue weighted by atomic mass is 35.5. The Morgan fingerprint density at radius 1 is 1.47 bits per heavy atom. The highest BCUT2D eigenvalue weighted by Gasteiger charge is 1.99. The van der Waals surface area contributed by atoms with Crippen molar-refractivity contribution in [3.05, 3.63) is 41.2 Å². The maximum absolute atomic E-state index is 5.83. The molecule has 0 saturated carbocycles. The average Bonchev–Trinajstić information content (AvgIpc) is 2.73. The molecule has 0 spiro atoms. The van der Waals surface area contributed by atoms with E-state index in [0.29, 0.717) is 11.7 Å². The van der Waals surface area contributed by atoms with E-state index in [1.54, 1.807) is 18.7 Å². The quantitative estimate of drug-likeness (QED) is 0.784.